The van der Waals surface area contributed by atoms with Crippen LogP contribution in [0.1, 0.15) is 30.9 Å². The van der Waals surface area contributed by atoms with E-state index in [0.717, 1.165) is 42.5 Å². The molecule has 1 aliphatic rings. The number of para-hydroxylation sites is 1. The molecule has 0 bridgehead atoms. The average molecular weight is 639 g/mol. The van der Waals surface area contributed by atoms with Crippen LogP contribution in [0.4, 0.5) is 18.9 Å². The number of carbonyl (C=O) groups excluding carboxylic acids is 1. The zero-order chi connectivity index (χ0) is 31.1. The van der Waals surface area contributed by atoms with E-state index in [0.29, 0.717) is 34.1 Å². The molecular formula is C31H29F3N6O2S2. The van der Waals surface area contributed by atoms with Gasteiger partial charge < -0.3 is 10.1 Å². The van der Waals surface area contributed by atoms with Crippen LogP contribution in [0, 0.1) is 0 Å². The number of hydrogen-bond donors (Lipinski definition) is 1. The van der Waals surface area contributed by atoms with Gasteiger partial charge in [-0.2, -0.15) is 4.99 Å². The van der Waals surface area contributed by atoms with E-state index in [1.807, 2.05) is 48.5 Å². The number of ether oxygens (including phenoxy) is 1. The molecule has 0 unspecified atom stereocenters. The number of nitrogens with one attached hydrogen (secondary N) is 1. The molecule has 228 valence electrons. The fourth-order valence-corrected chi connectivity index (χ4v) is 5.74. The highest BCUT2D eigenvalue weighted by molar-refractivity contribution is 8.15. The molecule has 1 aromatic heterocycles. The van der Waals surface area contributed by atoms with E-state index in [4.69, 9.17) is 12.2 Å². The van der Waals surface area contributed by atoms with Crippen molar-refractivity contribution in [3.05, 3.63) is 90.3 Å². The topological polar surface area (TPSA) is 84.6 Å². The summed E-state index contributed by atoms with van der Waals surface area (Å²) in [6.45, 7) is 2.73. The summed E-state index contributed by atoms with van der Waals surface area (Å²) in [5.41, 5.74) is 4.50. The lowest BCUT2D eigenvalue weighted by molar-refractivity contribution is -0.274. The van der Waals surface area contributed by atoms with Crippen molar-refractivity contribution >= 4 is 45.9 Å². The van der Waals surface area contributed by atoms with Gasteiger partial charge in [-0.1, -0.05) is 61.2 Å². The van der Waals surface area contributed by atoms with Gasteiger partial charge in [0.05, 0.1) is 17.1 Å². The fourth-order valence-electron chi connectivity index (χ4n) is 4.63. The molecule has 0 atom stereocenters. The number of thioether (sulfide) groups is 1. The smallest absolute Gasteiger partial charge is 0.406 e. The lowest BCUT2D eigenvalue weighted by Crippen LogP contribution is -2.32. The number of aromatic nitrogens is 3. The van der Waals surface area contributed by atoms with Crippen molar-refractivity contribution in [2.24, 2.45) is 4.99 Å². The number of nitrogens with zero attached hydrogens (tertiary/aromatic N) is 5. The number of unbranched alkanes of at least 4 members (excludes halogenated alkanes) is 1. The van der Waals surface area contributed by atoms with E-state index in [9.17, 15) is 18.0 Å². The predicted octanol–water partition coefficient (Wildman–Crippen LogP) is 6.73. The molecule has 13 heteroatoms. The van der Waals surface area contributed by atoms with Crippen LogP contribution in [0.5, 0.6) is 5.75 Å². The third kappa shape index (κ3) is 8.03. The van der Waals surface area contributed by atoms with Crippen molar-refractivity contribution in [1.82, 2.24) is 20.1 Å². The Hall–Kier alpha value is -4.23. The maximum absolute atomic E-state index is 12.6. The summed E-state index contributed by atoms with van der Waals surface area (Å²) in [6, 6.07) is 21.2. The Balaban J connectivity index is 1.08. The van der Waals surface area contributed by atoms with Crippen LogP contribution in [0.3, 0.4) is 0 Å². The number of benzene rings is 3. The molecule has 1 amide bonds. The molecule has 3 aromatic carbocycles. The van der Waals surface area contributed by atoms with Gasteiger partial charge in [0.25, 0.3) is 0 Å². The van der Waals surface area contributed by atoms with Crippen LogP contribution in [0.25, 0.3) is 17.1 Å². The zero-order valence-electron chi connectivity index (χ0n) is 23.8. The van der Waals surface area contributed by atoms with Crippen molar-refractivity contribution in [2.75, 3.05) is 17.2 Å². The zero-order valence-corrected chi connectivity index (χ0v) is 25.4. The van der Waals surface area contributed by atoms with Gasteiger partial charge >= 0.3 is 6.36 Å². The van der Waals surface area contributed by atoms with Crippen LogP contribution in [0.2, 0.25) is 0 Å². The molecule has 0 spiro atoms. The molecule has 0 saturated carbocycles. The molecule has 0 aliphatic carbocycles. The first-order chi connectivity index (χ1) is 21.2. The monoisotopic (exact) mass is 638 g/mol. The normalized spacial score (nSPS) is 14.3. The van der Waals surface area contributed by atoms with E-state index in [1.165, 1.54) is 52.6 Å². The number of aryl methyl sites for hydroxylation is 2. The standard InChI is InChI=1S/C31H29F3N6O2S2/c1-2-22-8-3-4-9-26(22)40-27(41)19-44-30(40)37-29(43)35-18-6-5-7-21-10-12-23(13-11-21)28-36-20-39(38-28)24-14-16-25(17-15-24)42-31(32,33)34/h3-4,8-17,20H,2,5-7,18-19H2,1H3,(H,35,43). The molecule has 4 aromatic rings. The summed E-state index contributed by atoms with van der Waals surface area (Å²) >= 11 is 6.84. The van der Waals surface area contributed by atoms with E-state index < -0.39 is 6.36 Å². The molecule has 1 saturated heterocycles. The lowest BCUT2D eigenvalue weighted by Gasteiger charge is -2.19. The van der Waals surface area contributed by atoms with Crippen LogP contribution in [-0.2, 0) is 17.6 Å². The summed E-state index contributed by atoms with van der Waals surface area (Å²) in [7, 11) is 0. The quantitative estimate of drug-likeness (QED) is 0.152. The second kappa shape index (κ2) is 14.0. The largest absolute Gasteiger partial charge is 0.573 e. The fraction of sp³-hybridized carbons (Fsp3) is 0.258. The van der Waals surface area contributed by atoms with E-state index in [2.05, 4.69) is 32.1 Å². The summed E-state index contributed by atoms with van der Waals surface area (Å²) in [5.74, 6) is 0.547. The van der Waals surface area contributed by atoms with Gasteiger partial charge in [0.1, 0.15) is 12.1 Å². The molecule has 8 nitrogen and oxygen atoms in total. The van der Waals surface area contributed by atoms with Crippen LogP contribution in [0.15, 0.2) is 84.1 Å². The Bertz CT molecular complexity index is 1640. The number of alkyl halides is 3. The number of carbonyl (C=O) groups is 1. The number of thiocarbonyl (C=S) groups is 1. The summed E-state index contributed by atoms with van der Waals surface area (Å²) < 4.78 is 42.6. The number of amidine groups is 1. The van der Waals surface area contributed by atoms with Crippen LogP contribution in [-0.4, -0.2) is 49.6 Å². The summed E-state index contributed by atoms with van der Waals surface area (Å²) in [5, 5.41) is 8.60. The number of aliphatic imine (C=N–C) groups is 1. The molecule has 5 rings (SSSR count). The second-order valence-corrected chi connectivity index (χ2v) is 11.2. The summed E-state index contributed by atoms with van der Waals surface area (Å²) in [6.07, 6.45) is 0.292. The van der Waals surface area contributed by atoms with Gasteiger partial charge in [0, 0.05) is 12.1 Å². The third-order valence-corrected chi connectivity index (χ3v) is 7.94. The van der Waals surface area contributed by atoms with Gasteiger partial charge in [0.2, 0.25) is 5.91 Å². The molecule has 1 N–H and O–H groups in total. The number of halogens is 3. The minimum Gasteiger partial charge on any atom is -0.406 e. The number of rotatable bonds is 10. The highest BCUT2D eigenvalue weighted by atomic mass is 32.2. The van der Waals surface area contributed by atoms with Crippen LogP contribution >= 0.6 is 24.0 Å². The van der Waals surface area contributed by atoms with E-state index >= 15 is 0 Å². The van der Waals surface area contributed by atoms with Gasteiger partial charge in [-0.15, -0.1) is 18.3 Å². The molecule has 44 heavy (non-hydrogen) atoms. The van der Waals surface area contributed by atoms with Gasteiger partial charge in [-0.3, -0.25) is 9.69 Å². The highest BCUT2D eigenvalue weighted by Crippen LogP contribution is 2.30. The van der Waals surface area contributed by atoms with E-state index in [-0.39, 0.29) is 11.7 Å². The van der Waals surface area contributed by atoms with Gasteiger partial charge in [-0.05, 0) is 79.4 Å². The number of amides is 1. The van der Waals surface area contributed by atoms with Gasteiger partial charge in [0.15, 0.2) is 16.1 Å². The van der Waals surface area contributed by atoms with Crippen molar-refractivity contribution < 1.29 is 22.7 Å². The third-order valence-electron chi connectivity index (χ3n) is 6.78. The number of anilines is 1. The Morgan fingerprint density at radius 1 is 1.07 bits per heavy atom. The Labute approximate surface area is 262 Å². The first-order valence-corrected chi connectivity index (χ1v) is 15.4. The van der Waals surface area contributed by atoms with E-state index in [1.54, 1.807) is 4.90 Å². The average Bonchev–Trinajstić information content (AvgIpc) is 3.64. The summed E-state index contributed by atoms with van der Waals surface area (Å²) in [4.78, 5) is 23.1. The first kappa shape index (κ1) is 31.2. The Morgan fingerprint density at radius 3 is 2.55 bits per heavy atom. The first-order valence-electron chi connectivity index (χ1n) is 14.0. The maximum Gasteiger partial charge on any atom is 0.573 e. The lowest BCUT2D eigenvalue weighted by atomic mass is 10.1. The Morgan fingerprint density at radius 2 is 1.82 bits per heavy atom. The molecule has 1 fully saturated rings. The molecule has 0 radical (unpaired) electrons. The molecule has 2 heterocycles. The highest BCUT2D eigenvalue weighted by Gasteiger charge is 2.32. The van der Waals surface area contributed by atoms with Crippen molar-refractivity contribution in [3.63, 3.8) is 0 Å². The molecule has 1 aliphatic heterocycles. The second-order valence-electron chi connectivity index (χ2n) is 9.83. The van der Waals surface area contributed by atoms with Crippen molar-refractivity contribution in [1.29, 1.82) is 0 Å². The Kier molecular flexibility index (Phi) is 9.95. The maximum atomic E-state index is 12.6. The van der Waals surface area contributed by atoms with Gasteiger partial charge in [-0.25, -0.2) is 9.67 Å². The minimum atomic E-state index is -4.74. The predicted molar refractivity (Wildman–Crippen MR) is 170 cm³/mol. The SMILES string of the molecule is CCc1ccccc1N1C(=O)CSC1=NC(=S)NCCCCc1ccc(-c2ncn(-c3ccc(OC(F)(F)F)cc3)n2)cc1. The molecular weight excluding hydrogens is 610 g/mol. The number of hydrogen-bond acceptors (Lipinski definition) is 6. The van der Waals surface area contributed by atoms with Crippen molar-refractivity contribution in [2.45, 2.75) is 39.0 Å². The van der Waals surface area contributed by atoms with Crippen LogP contribution < -0.4 is 15.0 Å². The minimum absolute atomic E-state index is 0.000691. The van der Waals surface area contributed by atoms with Crippen molar-refractivity contribution in [3.8, 4) is 22.8 Å².